The maximum atomic E-state index is 13.1. The van der Waals surface area contributed by atoms with Crippen molar-refractivity contribution in [1.82, 2.24) is 14.8 Å². The summed E-state index contributed by atoms with van der Waals surface area (Å²) in [5.74, 6) is 1.46. The fraction of sp³-hybridized carbons (Fsp3) is 0.167. The standard InChI is InChI=1S/C18H17N5O3/c1-11-15(17(24)22-12-6-3-4-7-13(12)25-2)16(14-8-5-9-26-14)23-18(21-11)19-10-20-23/h3-10,16H,1-2H3,(H,22,24)(H,19,20,21). The number of carbonyl (C=O) groups excluding carboxylic acids is 1. The van der Waals surface area contributed by atoms with Crippen molar-refractivity contribution in [1.29, 1.82) is 0 Å². The van der Waals surface area contributed by atoms with Crippen LogP contribution in [-0.4, -0.2) is 27.8 Å². The van der Waals surface area contributed by atoms with Crippen molar-refractivity contribution in [3.8, 4) is 5.75 Å². The molecule has 2 aromatic heterocycles. The Labute approximate surface area is 149 Å². The Hall–Kier alpha value is -3.55. The van der Waals surface area contributed by atoms with Crippen molar-refractivity contribution >= 4 is 17.5 Å². The number of methoxy groups -OCH3 is 1. The van der Waals surface area contributed by atoms with Gasteiger partial charge >= 0.3 is 0 Å². The molecule has 1 atom stereocenters. The Bertz CT molecular complexity index is 974. The number of ether oxygens (including phenoxy) is 1. The molecule has 0 saturated carbocycles. The maximum absolute atomic E-state index is 13.1. The summed E-state index contributed by atoms with van der Waals surface area (Å²) in [4.78, 5) is 17.3. The summed E-state index contributed by atoms with van der Waals surface area (Å²) in [6.45, 7) is 1.82. The van der Waals surface area contributed by atoms with Crippen LogP contribution in [0, 0.1) is 0 Å². The molecule has 0 aliphatic carbocycles. The van der Waals surface area contributed by atoms with E-state index in [0.29, 0.717) is 34.4 Å². The van der Waals surface area contributed by atoms with Gasteiger partial charge in [0.05, 0.1) is 24.6 Å². The summed E-state index contributed by atoms with van der Waals surface area (Å²) < 4.78 is 12.5. The van der Waals surface area contributed by atoms with Crippen molar-refractivity contribution in [3.63, 3.8) is 0 Å². The molecule has 1 unspecified atom stereocenters. The fourth-order valence-electron chi connectivity index (χ4n) is 3.03. The quantitative estimate of drug-likeness (QED) is 0.751. The van der Waals surface area contributed by atoms with E-state index in [9.17, 15) is 4.79 Å². The molecule has 0 bridgehead atoms. The molecule has 4 rings (SSSR count). The number of hydrogen-bond acceptors (Lipinski definition) is 6. The Morgan fingerprint density at radius 2 is 2.15 bits per heavy atom. The Balaban J connectivity index is 1.74. The van der Waals surface area contributed by atoms with Gasteiger partial charge in [-0.05, 0) is 31.2 Å². The number of anilines is 2. The first-order valence-electron chi connectivity index (χ1n) is 8.04. The lowest BCUT2D eigenvalue weighted by atomic mass is 10.00. The average Bonchev–Trinajstić information content (AvgIpc) is 3.32. The third-order valence-electron chi connectivity index (χ3n) is 4.21. The lowest BCUT2D eigenvalue weighted by molar-refractivity contribution is -0.113. The summed E-state index contributed by atoms with van der Waals surface area (Å²) in [5, 5.41) is 10.3. The summed E-state index contributed by atoms with van der Waals surface area (Å²) in [7, 11) is 1.56. The molecule has 0 fully saturated rings. The van der Waals surface area contributed by atoms with E-state index in [1.54, 1.807) is 36.3 Å². The summed E-state index contributed by atoms with van der Waals surface area (Å²) in [5.41, 5.74) is 1.76. The number of benzene rings is 1. The number of nitrogens with one attached hydrogen (secondary N) is 2. The summed E-state index contributed by atoms with van der Waals surface area (Å²) in [6, 6.07) is 10.3. The van der Waals surface area contributed by atoms with Gasteiger partial charge in [0.25, 0.3) is 5.91 Å². The van der Waals surface area contributed by atoms with Crippen LogP contribution in [-0.2, 0) is 4.79 Å². The molecule has 8 heteroatoms. The van der Waals surface area contributed by atoms with E-state index in [4.69, 9.17) is 9.15 Å². The molecular formula is C18H17N5O3. The highest BCUT2D eigenvalue weighted by atomic mass is 16.5. The molecule has 0 spiro atoms. The number of carbonyl (C=O) groups is 1. The van der Waals surface area contributed by atoms with Gasteiger partial charge in [0.15, 0.2) is 0 Å². The van der Waals surface area contributed by atoms with Crippen LogP contribution in [0.2, 0.25) is 0 Å². The van der Waals surface area contributed by atoms with Crippen LogP contribution < -0.4 is 15.4 Å². The molecule has 0 radical (unpaired) electrons. The molecule has 1 aliphatic heterocycles. The number of nitrogens with zero attached hydrogens (tertiary/aromatic N) is 3. The van der Waals surface area contributed by atoms with Crippen molar-refractivity contribution < 1.29 is 13.9 Å². The normalized spacial score (nSPS) is 16.0. The van der Waals surface area contributed by atoms with Crippen LogP contribution >= 0.6 is 0 Å². The van der Waals surface area contributed by atoms with Crippen LogP contribution in [0.3, 0.4) is 0 Å². The highest BCUT2D eigenvalue weighted by Gasteiger charge is 2.35. The number of amides is 1. The van der Waals surface area contributed by atoms with E-state index in [0.717, 1.165) is 0 Å². The maximum Gasteiger partial charge on any atom is 0.256 e. The lowest BCUT2D eigenvalue weighted by Crippen LogP contribution is -2.31. The number of para-hydroxylation sites is 2. The number of furan rings is 1. The molecule has 26 heavy (non-hydrogen) atoms. The summed E-state index contributed by atoms with van der Waals surface area (Å²) in [6.07, 6.45) is 3.01. The van der Waals surface area contributed by atoms with Gasteiger partial charge in [-0.25, -0.2) is 4.68 Å². The molecule has 1 aromatic carbocycles. The second-order valence-corrected chi connectivity index (χ2v) is 5.76. The minimum absolute atomic E-state index is 0.276. The molecule has 3 aromatic rings. The Kier molecular flexibility index (Phi) is 3.92. The average molecular weight is 351 g/mol. The van der Waals surface area contributed by atoms with Crippen LogP contribution in [0.5, 0.6) is 5.75 Å². The van der Waals surface area contributed by atoms with Gasteiger partial charge in [-0.1, -0.05) is 12.1 Å². The third-order valence-corrected chi connectivity index (χ3v) is 4.21. The Morgan fingerprint density at radius 3 is 2.92 bits per heavy atom. The highest BCUT2D eigenvalue weighted by molar-refractivity contribution is 6.06. The minimum atomic E-state index is -0.515. The van der Waals surface area contributed by atoms with Crippen LogP contribution in [0.15, 0.2) is 64.7 Å². The zero-order valence-corrected chi connectivity index (χ0v) is 14.3. The predicted octanol–water partition coefficient (Wildman–Crippen LogP) is 2.81. The van der Waals surface area contributed by atoms with Gasteiger partial charge in [-0.15, -0.1) is 0 Å². The first-order valence-corrected chi connectivity index (χ1v) is 8.04. The molecule has 0 saturated heterocycles. The number of rotatable bonds is 4. The van der Waals surface area contributed by atoms with E-state index in [-0.39, 0.29) is 5.91 Å². The fourth-order valence-corrected chi connectivity index (χ4v) is 3.03. The van der Waals surface area contributed by atoms with Gasteiger partial charge in [0.2, 0.25) is 5.95 Å². The van der Waals surface area contributed by atoms with E-state index in [2.05, 4.69) is 20.7 Å². The monoisotopic (exact) mass is 351 g/mol. The van der Waals surface area contributed by atoms with Gasteiger partial charge in [0, 0.05) is 5.70 Å². The van der Waals surface area contributed by atoms with E-state index >= 15 is 0 Å². The van der Waals surface area contributed by atoms with Crippen LogP contribution in [0.1, 0.15) is 18.7 Å². The molecule has 3 heterocycles. The van der Waals surface area contributed by atoms with Crippen LogP contribution in [0.4, 0.5) is 11.6 Å². The van der Waals surface area contributed by atoms with Crippen molar-refractivity contribution in [3.05, 3.63) is 66.0 Å². The SMILES string of the molecule is COc1ccccc1NC(=O)C1=C(C)Nc2ncnn2C1c1ccco1. The van der Waals surface area contributed by atoms with E-state index < -0.39 is 6.04 Å². The molecule has 1 aliphatic rings. The smallest absolute Gasteiger partial charge is 0.256 e. The molecular weight excluding hydrogens is 334 g/mol. The molecule has 8 nitrogen and oxygen atoms in total. The van der Waals surface area contributed by atoms with Crippen molar-refractivity contribution in [2.24, 2.45) is 0 Å². The topological polar surface area (TPSA) is 94.2 Å². The van der Waals surface area contributed by atoms with Gasteiger partial charge < -0.3 is 19.8 Å². The number of allylic oxidation sites excluding steroid dienone is 1. The van der Waals surface area contributed by atoms with E-state index in [1.807, 2.05) is 25.1 Å². The van der Waals surface area contributed by atoms with Crippen molar-refractivity contribution in [2.75, 3.05) is 17.7 Å². The number of fused-ring (bicyclic) bond motifs is 1. The lowest BCUT2D eigenvalue weighted by Gasteiger charge is -2.27. The Morgan fingerprint density at radius 1 is 1.31 bits per heavy atom. The minimum Gasteiger partial charge on any atom is -0.495 e. The molecule has 132 valence electrons. The molecule has 2 N–H and O–H groups in total. The first kappa shape index (κ1) is 15.9. The second kappa shape index (κ2) is 6.40. The highest BCUT2D eigenvalue weighted by Crippen LogP contribution is 2.35. The third kappa shape index (κ3) is 2.61. The molecule has 1 amide bonds. The predicted molar refractivity (Wildman–Crippen MR) is 94.8 cm³/mol. The van der Waals surface area contributed by atoms with Gasteiger partial charge in [-0.2, -0.15) is 10.1 Å². The van der Waals surface area contributed by atoms with E-state index in [1.165, 1.54) is 6.33 Å². The summed E-state index contributed by atoms with van der Waals surface area (Å²) >= 11 is 0. The first-order chi connectivity index (χ1) is 12.7. The second-order valence-electron chi connectivity index (χ2n) is 5.76. The van der Waals surface area contributed by atoms with Gasteiger partial charge in [0.1, 0.15) is 23.9 Å². The number of hydrogen-bond donors (Lipinski definition) is 2. The van der Waals surface area contributed by atoms with Gasteiger partial charge in [-0.3, -0.25) is 4.79 Å². The largest absolute Gasteiger partial charge is 0.495 e. The zero-order chi connectivity index (χ0) is 18.1. The van der Waals surface area contributed by atoms with Crippen LogP contribution in [0.25, 0.3) is 0 Å². The zero-order valence-electron chi connectivity index (χ0n) is 14.3. The number of aromatic nitrogens is 3. The van der Waals surface area contributed by atoms with Crippen molar-refractivity contribution in [2.45, 2.75) is 13.0 Å².